The van der Waals surface area contributed by atoms with Crippen LogP contribution in [0.4, 0.5) is 0 Å². The molecule has 1 atom stereocenters. The number of nitrogens with zero attached hydrogens (tertiary/aromatic N) is 4. The van der Waals surface area contributed by atoms with Crippen LogP contribution in [0.3, 0.4) is 0 Å². The molecule has 2 heterocycles. The Labute approximate surface area is 164 Å². The van der Waals surface area contributed by atoms with E-state index >= 15 is 0 Å². The van der Waals surface area contributed by atoms with Crippen LogP contribution in [-0.2, 0) is 6.54 Å². The van der Waals surface area contributed by atoms with Crippen molar-refractivity contribution in [1.29, 1.82) is 0 Å². The summed E-state index contributed by atoms with van der Waals surface area (Å²) in [6.45, 7) is 11.0. The third-order valence-electron chi connectivity index (χ3n) is 4.63. The number of aromatic nitrogens is 2. The van der Waals surface area contributed by atoms with Crippen LogP contribution in [0.1, 0.15) is 45.4 Å². The Hall–Kier alpha value is -0.790. The quantitative estimate of drug-likeness (QED) is 0.301. The SMILES string of the molecule is CN=C(NCCCCn1ccnc1C)N1CCC(CC(C)C)C1.I. The van der Waals surface area contributed by atoms with Gasteiger partial charge >= 0.3 is 0 Å². The molecule has 1 aromatic rings. The van der Waals surface area contributed by atoms with Crippen LogP contribution in [0.2, 0.25) is 0 Å². The van der Waals surface area contributed by atoms with Gasteiger partial charge in [0.2, 0.25) is 0 Å². The van der Waals surface area contributed by atoms with E-state index in [9.17, 15) is 0 Å². The number of unbranched alkanes of at least 4 members (excludes halogenated alkanes) is 1. The van der Waals surface area contributed by atoms with Gasteiger partial charge in [0.05, 0.1) is 0 Å². The fourth-order valence-corrected chi connectivity index (χ4v) is 3.46. The number of likely N-dealkylation sites (tertiary alicyclic amines) is 1. The topological polar surface area (TPSA) is 45.5 Å². The highest BCUT2D eigenvalue weighted by molar-refractivity contribution is 14.0. The van der Waals surface area contributed by atoms with Crippen LogP contribution >= 0.6 is 24.0 Å². The van der Waals surface area contributed by atoms with Gasteiger partial charge in [0, 0.05) is 45.6 Å². The van der Waals surface area contributed by atoms with E-state index in [1.54, 1.807) is 0 Å². The van der Waals surface area contributed by atoms with Gasteiger partial charge in [0.1, 0.15) is 5.82 Å². The minimum atomic E-state index is 0. The molecule has 0 amide bonds. The number of rotatable bonds is 7. The maximum atomic E-state index is 4.46. The summed E-state index contributed by atoms with van der Waals surface area (Å²) in [6.07, 6.45) is 8.88. The molecule has 1 aromatic heterocycles. The highest BCUT2D eigenvalue weighted by atomic mass is 127. The van der Waals surface area contributed by atoms with Gasteiger partial charge in [0.25, 0.3) is 0 Å². The minimum Gasteiger partial charge on any atom is -0.356 e. The highest BCUT2D eigenvalue weighted by Gasteiger charge is 2.25. The van der Waals surface area contributed by atoms with Crippen LogP contribution in [0, 0.1) is 18.8 Å². The maximum Gasteiger partial charge on any atom is 0.193 e. The van der Waals surface area contributed by atoms with Crippen LogP contribution < -0.4 is 5.32 Å². The number of halogens is 1. The summed E-state index contributed by atoms with van der Waals surface area (Å²) in [7, 11) is 1.90. The van der Waals surface area contributed by atoms with E-state index < -0.39 is 0 Å². The van der Waals surface area contributed by atoms with Gasteiger partial charge in [-0.25, -0.2) is 4.98 Å². The molecule has 6 heteroatoms. The number of hydrogen-bond acceptors (Lipinski definition) is 2. The van der Waals surface area contributed by atoms with Gasteiger partial charge in [-0.15, -0.1) is 24.0 Å². The largest absolute Gasteiger partial charge is 0.356 e. The first-order valence-corrected chi connectivity index (χ1v) is 9.03. The van der Waals surface area contributed by atoms with Crippen molar-refractivity contribution < 1.29 is 0 Å². The summed E-state index contributed by atoms with van der Waals surface area (Å²) in [6, 6.07) is 0. The van der Waals surface area contributed by atoms with Crippen molar-refractivity contribution in [3.8, 4) is 0 Å². The molecule has 0 spiro atoms. The molecule has 0 aromatic carbocycles. The van der Waals surface area contributed by atoms with Gasteiger partial charge in [-0.3, -0.25) is 4.99 Å². The molecule has 0 aliphatic carbocycles. The van der Waals surface area contributed by atoms with Crippen molar-refractivity contribution in [2.45, 2.75) is 53.0 Å². The molecule has 5 nitrogen and oxygen atoms in total. The minimum absolute atomic E-state index is 0. The molecule has 1 saturated heterocycles. The first-order valence-electron chi connectivity index (χ1n) is 9.03. The standard InChI is InChI=1S/C18H33N5.HI/c1-15(2)13-17-7-11-23(14-17)18(19-4)21-8-5-6-10-22-12-9-20-16(22)3;/h9,12,15,17H,5-8,10-11,13-14H2,1-4H3,(H,19,21);1H. The number of aliphatic imine (C=N–C) groups is 1. The zero-order chi connectivity index (χ0) is 16.7. The number of imidazole rings is 1. The lowest BCUT2D eigenvalue weighted by molar-refractivity contribution is 0.403. The third-order valence-corrected chi connectivity index (χ3v) is 4.63. The maximum absolute atomic E-state index is 4.46. The Morgan fingerprint density at radius 1 is 1.42 bits per heavy atom. The Morgan fingerprint density at radius 3 is 2.83 bits per heavy atom. The second kappa shape index (κ2) is 10.9. The molecular formula is C18H34IN5. The van der Waals surface area contributed by atoms with Crippen molar-refractivity contribution >= 4 is 29.9 Å². The molecule has 0 bridgehead atoms. The summed E-state index contributed by atoms with van der Waals surface area (Å²) in [5.74, 6) is 3.80. The van der Waals surface area contributed by atoms with E-state index in [2.05, 4.69) is 51.7 Å². The molecule has 0 radical (unpaired) electrons. The highest BCUT2D eigenvalue weighted by Crippen LogP contribution is 2.23. The first kappa shape index (κ1) is 21.3. The van der Waals surface area contributed by atoms with Crippen molar-refractivity contribution in [3.05, 3.63) is 18.2 Å². The van der Waals surface area contributed by atoms with E-state index in [-0.39, 0.29) is 24.0 Å². The Balaban J connectivity index is 0.00000288. The number of guanidine groups is 1. The van der Waals surface area contributed by atoms with Crippen LogP contribution in [0.5, 0.6) is 0 Å². The molecular weight excluding hydrogens is 413 g/mol. The summed E-state index contributed by atoms with van der Waals surface area (Å²) in [4.78, 5) is 11.1. The van der Waals surface area contributed by atoms with Crippen molar-refractivity contribution in [3.63, 3.8) is 0 Å². The average molecular weight is 447 g/mol. The lowest BCUT2D eigenvalue weighted by Gasteiger charge is -2.22. The van der Waals surface area contributed by atoms with Crippen LogP contribution in [0.15, 0.2) is 17.4 Å². The van der Waals surface area contributed by atoms with Gasteiger partial charge in [-0.05, 0) is 44.4 Å². The second-order valence-corrected chi connectivity index (χ2v) is 7.08. The summed E-state index contributed by atoms with van der Waals surface area (Å²) in [5, 5.41) is 3.53. The molecule has 0 saturated carbocycles. The summed E-state index contributed by atoms with van der Waals surface area (Å²) < 4.78 is 2.21. The van der Waals surface area contributed by atoms with Crippen molar-refractivity contribution in [2.24, 2.45) is 16.8 Å². The molecule has 1 fully saturated rings. The molecule has 1 N–H and O–H groups in total. The molecule has 1 aliphatic heterocycles. The molecule has 2 rings (SSSR count). The summed E-state index contributed by atoms with van der Waals surface area (Å²) in [5.41, 5.74) is 0. The first-order chi connectivity index (χ1) is 11.1. The number of aryl methyl sites for hydroxylation is 2. The zero-order valence-corrected chi connectivity index (χ0v) is 18.0. The molecule has 1 aliphatic rings. The van der Waals surface area contributed by atoms with E-state index in [1.165, 1.54) is 12.8 Å². The van der Waals surface area contributed by atoms with Gasteiger partial charge in [-0.2, -0.15) is 0 Å². The smallest absolute Gasteiger partial charge is 0.193 e. The lowest BCUT2D eigenvalue weighted by Crippen LogP contribution is -2.40. The van der Waals surface area contributed by atoms with Crippen LogP contribution in [-0.4, -0.2) is 47.1 Å². The summed E-state index contributed by atoms with van der Waals surface area (Å²) >= 11 is 0. The zero-order valence-electron chi connectivity index (χ0n) is 15.7. The number of hydrogen-bond donors (Lipinski definition) is 1. The van der Waals surface area contributed by atoms with Gasteiger partial charge in [-0.1, -0.05) is 13.8 Å². The van der Waals surface area contributed by atoms with Crippen molar-refractivity contribution in [1.82, 2.24) is 19.8 Å². The second-order valence-electron chi connectivity index (χ2n) is 7.08. The van der Waals surface area contributed by atoms with E-state index in [0.29, 0.717) is 0 Å². The predicted octanol–water partition coefficient (Wildman–Crippen LogP) is 3.53. The van der Waals surface area contributed by atoms with Crippen molar-refractivity contribution in [2.75, 3.05) is 26.7 Å². The molecule has 24 heavy (non-hydrogen) atoms. The predicted molar refractivity (Wildman–Crippen MR) is 112 cm³/mol. The van der Waals surface area contributed by atoms with Crippen LogP contribution in [0.25, 0.3) is 0 Å². The van der Waals surface area contributed by atoms with Gasteiger partial charge in [0.15, 0.2) is 5.96 Å². The fourth-order valence-electron chi connectivity index (χ4n) is 3.46. The fraction of sp³-hybridized carbons (Fsp3) is 0.778. The monoisotopic (exact) mass is 447 g/mol. The molecule has 138 valence electrons. The van der Waals surface area contributed by atoms with E-state index in [0.717, 1.165) is 62.6 Å². The normalized spacial score (nSPS) is 18.1. The third kappa shape index (κ3) is 6.61. The average Bonchev–Trinajstić information content (AvgIpc) is 3.12. The molecule has 1 unspecified atom stereocenters. The number of nitrogens with one attached hydrogen (secondary N) is 1. The Bertz CT molecular complexity index is 497. The Kier molecular flexibility index (Phi) is 9.69. The van der Waals surface area contributed by atoms with E-state index in [1.807, 2.05) is 13.2 Å². The Morgan fingerprint density at radius 2 is 2.21 bits per heavy atom. The lowest BCUT2D eigenvalue weighted by atomic mass is 9.97. The van der Waals surface area contributed by atoms with E-state index in [4.69, 9.17) is 0 Å². The van der Waals surface area contributed by atoms with Gasteiger partial charge < -0.3 is 14.8 Å².